The van der Waals surface area contributed by atoms with E-state index in [4.69, 9.17) is 5.11 Å². The lowest BCUT2D eigenvalue weighted by molar-refractivity contribution is 0.0652. The van der Waals surface area contributed by atoms with Crippen LogP contribution in [0, 0.1) is 5.82 Å². The number of carboxylic acid groups (broad SMARTS) is 1. The molecule has 1 aromatic carbocycles. The highest BCUT2D eigenvalue weighted by atomic mass is 19.1. The molecule has 18 heavy (non-hydrogen) atoms. The van der Waals surface area contributed by atoms with Crippen molar-refractivity contribution < 1.29 is 18.8 Å². The van der Waals surface area contributed by atoms with Crippen LogP contribution in [0.15, 0.2) is 28.8 Å². The van der Waals surface area contributed by atoms with Crippen LogP contribution in [0.1, 0.15) is 35.9 Å². The first-order chi connectivity index (χ1) is 8.49. The molecule has 0 aliphatic rings. The quantitative estimate of drug-likeness (QED) is 0.906. The summed E-state index contributed by atoms with van der Waals surface area (Å²) in [5.41, 5.74) is 1.39. The number of nitrogens with zero attached hydrogens (tertiary/aromatic N) is 1. The molecule has 1 aromatic heterocycles. The molecule has 2 rings (SSSR count). The van der Waals surface area contributed by atoms with E-state index >= 15 is 0 Å². The maximum Gasteiger partial charge on any atom is 0.374 e. The Morgan fingerprint density at radius 1 is 1.39 bits per heavy atom. The fourth-order valence-corrected chi connectivity index (χ4v) is 1.60. The molecule has 4 nitrogen and oxygen atoms in total. The first-order valence-corrected chi connectivity index (χ1v) is 5.49. The van der Waals surface area contributed by atoms with Gasteiger partial charge in [0.25, 0.3) is 0 Å². The summed E-state index contributed by atoms with van der Waals surface area (Å²) in [6.45, 7) is 3.98. The van der Waals surface area contributed by atoms with Crippen molar-refractivity contribution in [2.75, 3.05) is 0 Å². The SMILES string of the molecule is CC(C)c1ccc(F)c(-c2cc(C(=O)O)on2)c1. The van der Waals surface area contributed by atoms with E-state index in [1.807, 2.05) is 13.8 Å². The number of benzene rings is 1. The van der Waals surface area contributed by atoms with E-state index in [1.165, 1.54) is 12.1 Å². The van der Waals surface area contributed by atoms with Crippen molar-refractivity contribution in [3.8, 4) is 11.3 Å². The van der Waals surface area contributed by atoms with Crippen molar-refractivity contribution in [3.05, 3.63) is 41.4 Å². The van der Waals surface area contributed by atoms with Crippen molar-refractivity contribution in [3.63, 3.8) is 0 Å². The Labute approximate surface area is 103 Å². The van der Waals surface area contributed by atoms with Crippen LogP contribution in [0.3, 0.4) is 0 Å². The molecule has 0 unspecified atom stereocenters. The summed E-state index contributed by atoms with van der Waals surface area (Å²) < 4.78 is 18.3. The first-order valence-electron chi connectivity index (χ1n) is 5.49. The van der Waals surface area contributed by atoms with E-state index in [0.29, 0.717) is 0 Å². The molecule has 0 radical (unpaired) electrons. The van der Waals surface area contributed by atoms with Crippen LogP contribution >= 0.6 is 0 Å². The van der Waals surface area contributed by atoms with Gasteiger partial charge in [0.05, 0.1) is 0 Å². The van der Waals surface area contributed by atoms with Gasteiger partial charge in [-0.15, -0.1) is 0 Å². The fourth-order valence-electron chi connectivity index (χ4n) is 1.60. The van der Waals surface area contributed by atoms with Gasteiger partial charge in [0.15, 0.2) is 0 Å². The largest absolute Gasteiger partial charge is 0.475 e. The van der Waals surface area contributed by atoms with Gasteiger partial charge in [-0.3, -0.25) is 0 Å². The zero-order chi connectivity index (χ0) is 13.3. The van der Waals surface area contributed by atoms with E-state index in [9.17, 15) is 9.18 Å². The number of rotatable bonds is 3. The molecule has 5 heteroatoms. The van der Waals surface area contributed by atoms with Crippen LogP contribution in [0.4, 0.5) is 4.39 Å². The van der Waals surface area contributed by atoms with Gasteiger partial charge < -0.3 is 9.63 Å². The second kappa shape index (κ2) is 4.60. The molecule has 0 aliphatic carbocycles. The van der Waals surface area contributed by atoms with Gasteiger partial charge in [0, 0.05) is 11.6 Å². The van der Waals surface area contributed by atoms with Crippen LogP contribution in [0.25, 0.3) is 11.3 Å². The van der Waals surface area contributed by atoms with Crippen LogP contribution in [-0.2, 0) is 0 Å². The van der Waals surface area contributed by atoms with Gasteiger partial charge in [0.2, 0.25) is 5.76 Å². The zero-order valence-corrected chi connectivity index (χ0v) is 9.98. The fraction of sp³-hybridized carbons (Fsp3) is 0.231. The monoisotopic (exact) mass is 249 g/mol. The average Bonchev–Trinajstić information content (AvgIpc) is 2.78. The Morgan fingerprint density at radius 3 is 2.67 bits per heavy atom. The van der Waals surface area contributed by atoms with E-state index in [-0.39, 0.29) is 22.9 Å². The minimum atomic E-state index is -1.23. The van der Waals surface area contributed by atoms with E-state index in [1.54, 1.807) is 12.1 Å². The summed E-state index contributed by atoms with van der Waals surface area (Å²) in [5, 5.41) is 12.3. The molecule has 94 valence electrons. The van der Waals surface area contributed by atoms with Gasteiger partial charge in [0.1, 0.15) is 11.5 Å². The van der Waals surface area contributed by atoms with Crippen molar-refractivity contribution >= 4 is 5.97 Å². The lowest BCUT2D eigenvalue weighted by Crippen LogP contribution is -1.92. The van der Waals surface area contributed by atoms with Crippen molar-refractivity contribution in [1.82, 2.24) is 5.16 Å². The summed E-state index contributed by atoms with van der Waals surface area (Å²) in [4.78, 5) is 10.7. The molecule has 0 atom stereocenters. The topological polar surface area (TPSA) is 63.3 Å². The standard InChI is InChI=1S/C13H12FNO3/c1-7(2)8-3-4-10(14)9(5-8)11-6-12(13(16)17)18-15-11/h3-7H,1-2H3,(H,16,17). The maximum absolute atomic E-state index is 13.7. The highest BCUT2D eigenvalue weighted by Gasteiger charge is 2.16. The molecule has 0 saturated heterocycles. The third-order valence-corrected chi connectivity index (χ3v) is 2.65. The molecular weight excluding hydrogens is 237 g/mol. The van der Waals surface area contributed by atoms with Gasteiger partial charge in [-0.1, -0.05) is 25.1 Å². The summed E-state index contributed by atoms with van der Waals surface area (Å²) >= 11 is 0. The lowest BCUT2D eigenvalue weighted by Gasteiger charge is -2.07. The molecule has 2 aromatic rings. The summed E-state index contributed by atoms with van der Waals surface area (Å²) in [7, 11) is 0. The number of hydrogen-bond acceptors (Lipinski definition) is 3. The van der Waals surface area contributed by atoms with Crippen LogP contribution < -0.4 is 0 Å². The predicted octanol–water partition coefficient (Wildman–Crippen LogP) is 3.30. The van der Waals surface area contributed by atoms with Gasteiger partial charge in [-0.25, -0.2) is 9.18 Å². The highest BCUT2D eigenvalue weighted by Crippen LogP contribution is 2.26. The normalized spacial score (nSPS) is 10.9. The van der Waals surface area contributed by atoms with Crippen LogP contribution in [-0.4, -0.2) is 16.2 Å². The van der Waals surface area contributed by atoms with Crippen molar-refractivity contribution in [2.24, 2.45) is 0 Å². The van der Waals surface area contributed by atoms with Crippen molar-refractivity contribution in [1.29, 1.82) is 0 Å². The van der Waals surface area contributed by atoms with Gasteiger partial charge in [-0.05, 0) is 23.6 Å². The maximum atomic E-state index is 13.7. The number of hydrogen-bond donors (Lipinski definition) is 1. The van der Waals surface area contributed by atoms with Crippen molar-refractivity contribution in [2.45, 2.75) is 19.8 Å². The molecule has 0 aliphatic heterocycles. The second-order valence-corrected chi connectivity index (χ2v) is 4.28. The predicted molar refractivity (Wildman–Crippen MR) is 62.9 cm³/mol. The summed E-state index contributed by atoms with van der Waals surface area (Å²) in [6.07, 6.45) is 0. The summed E-state index contributed by atoms with van der Waals surface area (Å²) in [5.74, 6) is -1.74. The smallest absolute Gasteiger partial charge is 0.374 e. The van der Waals surface area contributed by atoms with Crippen LogP contribution in [0.5, 0.6) is 0 Å². The zero-order valence-electron chi connectivity index (χ0n) is 9.98. The van der Waals surface area contributed by atoms with E-state index < -0.39 is 11.8 Å². The molecule has 1 heterocycles. The first kappa shape index (κ1) is 12.3. The number of carbonyl (C=O) groups is 1. The van der Waals surface area contributed by atoms with Gasteiger partial charge in [-0.2, -0.15) is 0 Å². The summed E-state index contributed by atoms with van der Waals surface area (Å²) in [6, 6.07) is 5.91. The Hall–Kier alpha value is -2.17. The molecule has 1 N–H and O–H groups in total. The van der Waals surface area contributed by atoms with E-state index in [0.717, 1.165) is 5.56 Å². The Kier molecular flexibility index (Phi) is 3.14. The number of carboxylic acids is 1. The molecule has 0 amide bonds. The minimum Gasteiger partial charge on any atom is -0.475 e. The molecular formula is C13H12FNO3. The average molecular weight is 249 g/mol. The number of halogens is 1. The Bertz CT molecular complexity index is 590. The molecule has 0 spiro atoms. The highest BCUT2D eigenvalue weighted by molar-refractivity contribution is 5.85. The number of aromatic carboxylic acids is 1. The Balaban J connectivity index is 2.48. The molecule has 0 saturated carbocycles. The van der Waals surface area contributed by atoms with Crippen LogP contribution in [0.2, 0.25) is 0 Å². The molecule has 0 fully saturated rings. The Morgan fingerprint density at radius 2 is 2.11 bits per heavy atom. The third-order valence-electron chi connectivity index (χ3n) is 2.65. The molecule has 0 bridgehead atoms. The lowest BCUT2D eigenvalue weighted by atomic mass is 9.99. The minimum absolute atomic E-state index is 0.187. The number of aromatic nitrogens is 1. The van der Waals surface area contributed by atoms with E-state index in [2.05, 4.69) is 9.68 Å². The third kappa shape index (κ3) is 2.25. The van der Waals surface area contributed by atoms with Gasteiger partial charge >= 0.3 is 5.97 Å². The second-order valence-electron chi connectivity index (χ2n) is 4.28.